The van der Waals surface area contributed by atoms with Crippen molar-refractivity contribution in [3.05, 3.63) is 0 Å². The van der Waals surface area contributed by atoms with Crippen LogP contribution in [0.2, 0.25) is 0 Å². The van der Waals surface area contributed by atoms with Crippen LogP contribution in [-0.4, -0.2) is 22.9 Å². The summed E-state index contributed by atoms with van der Waals surface area (Å²) in [6.45, 7) is 2.16. The monoisotopic (exact) mass is 139 g/mol. The van der Waals surface area contributed by atoms with E-state index in [4.69, 9.17) is 0 Å². The van der Waals surface area contributed by atoms with Gasteiger partial charge in [0.05, 0.1) is 0 Å². The van der Waals surface area contributed by atoms with Crippen molar-refractivity contribution < 1.29 is 4.79 Å². The molecule has 1 amide bonds. The van der Waals surface area contributed by atoms with Crippen LogP contribution < -0.4 is 0 Å². The number of fused-ring (bicyclic) bond motifs is 1. The first-order valence-corrected chi connectivity index (χ1v) is 4.10. The van der Waals surface area contributed by atoms with Crippen LogP contribution in [0.3, 0.4) is 0 Å². The van der Waals surface area contributed by atoms with Gasteiger partial charge in [0, 0.05) is 18.5 Å². The van der Waals surface area contributed by atoms with E-state index in [2.05, 4.69) is 11.8 Å². The van der Waals surface area contributed by atoms with E-state index >= 15 is 0 Å². The molecule has 10 heavy (non-hydrogen) atoms. The summed E-state index contributed by atoms with van der Waals surface area (Å²) in [5, 5.41) is 0. The third-order valence-electron chi connectivity index (χ3n) is 2.77. The van der Waals surface area contributed by atoms with Gasteiger partial charge in [-0.3, -0.25) is 4.79 Å². The van der Waals surface area contributed by atoms with E-state index in [9.17, 15) is 4.79 Å². The van der Waals surface area contributed by atoms with Gasteiger partial charge in [-0.05, 0) is 26.2 Å². The Morgan fingerprint density at radius 1 is 1.40 bits per heavy atom. The summed E-state index contributed by atoms with van der Waals surface area (Å²) in [4.78, 5) is 13.3. The van der Waals surface area contributed by atoms with Crippen LogP contribution in [0.4, 0.5) is 0 Å². The lowest BCUT2D eigenvalue weighted by molar-refractivity contribution is -0.129. The molecule has 0 saturated carbocycles. The van der Waals surface area contributed by atoms with E-state index < -0.39 is 0 Å². The molecule has 2 aliphatic heterocycles. The summed E-state index contributed by atoms with van der Waals surface area (Å²) >= 11 is 0. The summed E-state index contributed by atoms with van der Waals surface area (Å²) in [5.41, 5.74) is 0. The number of hydrogen-bond donors (Lipinski definition) is 0. The maximum absolute atomic E-state index is 11.2. The third-order valence-corrected chi connectivity index (χ3v) is 2.77. The van der Waals surface area contributed by atoms with Crippen LogP contribution in [0, 0.1) is 0 Å². The Hall–Kier alpha value is -0.530. The maximum atomic E-state index is 11.2. The van der Waals surface area contributed by atoms with Crippen LogP contribution in [-0.2, 0) is 4.79 Å². The van der Waals surface area contributed by atoms with Gasteiger partial charge in [-0.25, -0.2) is 0 Å². The smallest absolute Gasteiger partial charge is 0.223 e. The Kier molecular flexibility index (Phi) is 1.22. The van der Waals surface area contributed by atoms with E-state index in [1.807, 2.05) is 0 Å². The minimum Gasteiger partial charge on any atom is -0.337 e. The summed E-state index contributed by atoms with van der Waals surface area (Å²) in [6.07, 6.45) is 4.38. The average Bonchev–Trinajstić information content (AvgIpc) is 2.40. The second-order valence-electron chi connectivity index (χ2n) is 3.42. The molecule has 0 aromatic carbocycles. The zero-order chi connectivity index (χ0) is 7.14. The molecule has 0 spiro atoms. The van der Waals surface area contributed by atoms with Gasteiger partial charge in [-0.2, -0.15) is 0 Å². The second-order valence-corrected chi connectivity index (χ2v) is 3.42. The van der Waals surface area contributed by atoms with Gasteiger partial charge < -0.3 is 4.90 Å². The average molecular weight is 139 g/mol. The van der Waals surface area contributed by atoms with E-state index in [0.29, 0.717) is 18.0 Å². The van der Waals surface area contributed by atoms with Crippen molar-refractivity contribution in [2.75, 3.05) is 0 Å². The fourth-order valence-corrected chi connectivity index (χ4v) is 2.22. The first-order valence-electron chi connectivity index (χ1n) is 4.10. The lowest BCUT2D eigenvalue weighted by Crippen LogP contribution is -2.32. The normalized spacial score (nSPS) is 38.9. The molecule has 0 aromatic rings. The van der Waals surface area contributed by atoms with Gasteiger partial charge in [-0.1, -0.05) is 0 Å². The Bertz CT molecular complexity index is 167. The van der Waals surface area contributed by atoms with Crippen LogP contribution in [0.15, 0.2) is 0 Å². The Morgan fingerprint density at radius 2 is 2.20 bits per heavy atom. The van der Waals surface area contributed by atoms with Crippen molar-refractivity contribution in [1.82, 2.24) is 4.90 Å². The molecule has 0 aromatic heterocycles. The number of carbonyl (C=O) groups is 1. The van der Waals surface area contributed by atoms with Crippen LogP contribution in [0.5, 0.6) is 0 Å². The van der Waals surface area contributed by atoms with Crippen molar-refractivity contribution in [3.63, 3.8) is 0 Å². The minimum atomic E-state index is 0.384. The Labute approximate surface area is 61.2 Å². The second kappa shape index (κ2) is 1.97. The molecule has 2 atom stereocenters. The van der Waals surface area contributed by atoms with Crippen LogP contribution in [0.1, 0.15) is 32.6 Å². The fraction of sp³-hybridized carbons (Fsp3) is 0.875. The van der Waals surface area contributed by atoms with Crippen molar-refractivity contribution >= 4 is 5.91 Å². The number of amides is 1. The SMILES string of the molecule is C[C@@H]1CC[C@H]2CCC(=O)N21. The molecule has 2 saturated heterocycles. The zero-order valence-corrected chi connectivity index (χ0v) is 6.34. The summed E-state index contributed by atoms with van der Waals surface area (Å²) < 4.78 is 0. The fourth-order valence-electron chi connectivity index (χ4n) is 2.22. The quantitative estimate of drug-likeness (QED) is 0.493. The molecule has 2 heterocycles. The summed E-state index contributed by atoms with van der Waals surface area (Å²) in [5.74, 6) is 0.384. The zero-order valence-electron chi connectivity index (χ0n) is 6.34. The van der Waals surface area contributed by atoms with Crippen molar-refractivity contribution in [2.45, 2.75) is 44.7 Å². The molecule has 2 aliphatic rings. The largest absolute Gasteiger partial charge is 0.337 e. The highest BCUT2D eigenvalue weighted by atomic mass is 16.2. The summed E-state index contributed by atoms with van der Waals surface area (Å²) in [7, 11) is 0. The van der Waals surface area contributed by atoms with E-state index in [-0.39, 0.29) is 0 Å². The molecule has 2 rings (SSSR count). The van der Waals surface area contributed by atoms with Crippen molar-refractivity contribution in [1.29, 1.82) is 0 Å². The van der Waals surface area contributed by atoms with E-state index in [1.54, 1.807) is 0 Å². The first-order chi connectivity index (χ1) is 4.79. The molecule has 0 unspecified atom stereocenters. The molecule has 2 heteroatoms. The predicted octanol–water partition coefficient (Wildman–Crippen LogP) is 1.16. The standard InChI is InChI=1S/C8H13NO/c1-6-2-3-7-4-5-8(10)9(6)7/h6-7H,2-5H2,1H3/t6-,7+/m1/s1. The van der Waals surface area contributed by atoms with Gasteiger partial charge in [-0.15, -0.1) is 0 Å². The van der Waals surface area contributed by atoms with Crippen molar-refractivity contribution in [3.8, 4) is 0 Å². The topological polar surface area (TPSA) is 20.3 Å². The first kappa shape index (κ1) is 6.20. The highest BCUT2D eigenvalue weighted by molar-refractivity contribution is 5.79. The molecule has 0 bridgehead atoms. The minimum absolute atomic E-state index is 0.384. The van der Waals surface area contributed by atoms with Crippen LogP contribution >= 0.6 is 0 Å². The molecule has 2 nitrogen and oxygen atoms in total. The Balaban J connectivity index is 2.19. The molecule has 0 N–H and O–H groups in total. The van der Waals surface area contributed by atoms with Gasteiger partial charge in [0.2, 0.25) is 5.91 Å². The van der Waals surface area contributed by atoms with Gasteiger partial charge in [0.15, 0.2) is 0 Å². The van der Waals surface area contributed by atoms with E-state index in [1.165, 1.54) is 12.8 Å². The van der Waals surface area contributed by atoms with Crippen LogP contribution in [0.25, 0.3) is 0 Å². The molecule has 0 aliphatic carbocycles. The highest BCUT2D eigenvalue weighted by Gasteiger charge is 2.38. The maximum Gasteiger partial charge on any atom is 0.223 e. The molecule has 56 valence electrons. The van der Waals surface area contributed by atoms with Gasteiger partial charge >= 0.3 is 0 Å². The molecular formula is C8H13NO. The number of hydrogen-bond acceptors (Lipinski definition) is 1. The van der Waals surface area contributed by atoms with Gasteiger partial charge in [0.1, 0.15) is 0 Å². The molecular weight excluding hydrogens is 126 g/mol. The summed E-state index contributed by atoms with van der Waals surface area (Å²) in [6, 6.07) is 1.14. The lowest BCUT2D eigenvalue weighted by Gasteiger charge is -2.20. The van der Waals surface area contributed by atoms with E-state index in [0.717, 1.165) is 12.8 Å². The highest BCUT2D eigenvalue weighted by Crippen LogP contribution is 2.32. The molecule has 0 radical (unpaired) electrons. The van der Waals surface area contributed by atoms with Gasteiger partial charge in [0.25, 0.3) is 0 Å². The lowest BCUT2D eigenvalue weighted by atomic mass is 10.1. The third kappa shape index (κ3) is 0.678. The Morgan fingerprint density at radius 3 is 2.90 bits per heavy atom. The predicted molar refractivity (Wildman–Crippen MR) is 38.6 cm³/mol. The number of rotatable bonds is 0. The number of nitrogens with zero attached hydrogens (tertiary/aromatic N) is 1. The molecule has 2 fully saturated rings. The number of carbonyl (C=O) groups excluding carboxylic acids is 1. The van der Waals surface area contributed by atoms with Crippen molar-refractivity contribution in [2.24, 2.45) is 0 Å².